The van der Waals surface area contributed by atoms with Crippen molar-refractivity contribution >= 4 is 29.2 Å². The number of carbonyl (C=O) groups excluding carboxylic acids is 1. The van der Waals surface area contributed by atoms with E-state index in [4.69, 9.17) is 16.3 Å². The Bertz CT molecular complexity index is 1620. The van der Waals surface area contributed by atoms with E-state index in [0.717, 1.165) is 37.8 Å². The molecule has 2 heterocycles. The van der Waals surface area contributed by atoms with Gasteiger partial charge in [-0.25, -0.2) is 0 Å². The highest BCUT2D eigenvalue weighted by Crippen LogP contribution is 2.47. The summed E-state index contributed by atoms with van der Waals surface area (Å²) in [6, 6.07) is 4.27. The normalized spacial score (nSPS) is 20.3. The summed E-state index contributed by atoms with van der Waals surface area (Å²) in [5.74, 6) is 0.317. The fraction of sp³-hybridized carbons (Fsp3) is 0.576. The number of tetrazole rings is 1. The number of esters is 1. The van der Waals surface area contributed by atoms with Gasteiger partial charge in [-0.1, -0.05) is 22.8 Å². The van der Waals surface area contributed by atoms with Crippen LogP contribution < -0.4 is 9.80 Å². The zero-order valence-electron chi connectivity index (χ0n) is 27.3. The Morgan fingerprint density at radius 2 is 1.69 bits per heavy atom. The highest BCUT2D eigenvalue weighted by molar-refractivity contribution is 6.30. The zero-order valence-corrected chi connectivity index (χ0v) is 28.0. The molecule has 0 N–H and O–H groups in total. The minimum Gasteiger partial charge on any atom is -0.469 e. The Morgan fingerprint density at radius 3 is 2.29 bits per heavy atom. The second kappa shape index (κ2) is 14.1. The van der Waals surface area contributed by atoms with Crippen molar-refractivity contribution < 1.29 is 35.9 Å². The molecule has 0 bridgehead atoms. The van der Waals surface area contributed by atoms with Crippen molar-refractivity contribution in [2.45, 2.75) is 83.7 Å². The minimum absolute atomic E-state index is 0.0584. The Labute approximate surface area is 280 Å². The van der Waals surface area contributed by atoms with Crippen LogP contribution in [0.3, 0.4) is 0 Å². The molecular formula is C33H39ClF6N6O2. The van der Waals surface area contributed by atoms with Gasteiger partial charge in [0.1, 0.15) is 0 Å². The van der Waals surface area contributed by atoms with Gasteiger partial charge in [0.25, 0.3) is 5.95 Å². The van der Waals surface area contributed by atoms with Crippen LogP contribution in [-0.2, 0) is 35.5 Å². The molecule has 1 saturated carbocycles. The van der Waals surface area contributed by atoms with Crippen molar-refractivity contribution in [2.75, 3.05) is 30.0 Å². The number of benzene rings is 2. The summed E-state index contributed by atoms with van der Waals surface area (Å²) in [7, 11) is 2.93. The number of nitrogens with zero attached hydrogens (tertiary/aromatic N) is 6. The lowest BCUT2D eigenvalue weighted by Gasteiger charge is -2.37. The maximum Gasteiger partial charge on any atom is 0.416 e. The third-order valence-electron chi connectivity index (χ3n) is 9.53. The van der Waals surface area contributed by atoms with Crippen molar-refractivity contribution in [3.63, 3.8) is 0 Å². The van der Waals surface area contributed by atoms with Crippen molar-refractivity contribution in [1.29, 1.82) is 0 Å². The van der Waals surface area contributed by atoms with Crippen molar-refractivity contribution in [3.8, 4) is 0 Å². The van der Waals surface area contributed by atoms with Crippen LogP contribution >= 0.6 is 11.6 Å². The molecule has 262 valence electrons. The summed E-state index contributed by atoms with van der Waals surface area (Å²) in [6.07, 6.45) is -4.48. The van der Waals surface area contributed by atoms with Gasteiger partial charge in [0.05, 0.1) is 31.3 Å². The number of alkyl halides is 6. The molecule has 8 nitrogen and oxygen atoms in total. The molecule has 2 aliphatic rings. The summed E-state index contributed by atoms with van der Waals surface area (Å²) in [4.78, 5) is 16.8. The Morgan fingerprint density at radius 1 is 1.00 bits per heavy atom. The first-order chi connectivity index (χ1) is 22.5. The molecule has 1 aliphatic carbocycles. The first-order valence-corrected chi connectivity index (χ1v) is 16.3. The number of ether oxygens (including phenoxy) is 1. The molecule has 1 fully saturated rings. The topological polar surface area (TPSA) is 76.4 Å². The number of methoxy groups -OCH3 is 1. The Hall–Kier alpha value is -3.55. The fourth-order valence-corrected chi connectivity index (χ4v) is 7.68. The van der Waals surface area contributed by atoms with Crippen LogP contribution in [0.15, 0.2) is 24.3 Å². The molecule has 5 rings (SSSR count). The summed E-state index contributed by atoms with van der Waals surface area (Å²) in [5.41, 5.74) is -0.0895. The summed E-state index contributed by atoms with van der Waals surface area (Å²) in [5, 5.41) is 12.4. The lowest BCUT2D eigenvalue weighted by Crippen LogP contribution is -2.34. The van der Waals surface area contributed by atoms with Gasteiger partial charge in [-0.2, -0.15) is 31.1 Å². The van der Waals surface area contributed by atoms with Crippen molar-refractivity contribution in [1.82, 2.24) is 20.2 Å². The van der Waals surface area contributed by atoms with Crippen LogP contribution in [0, 0.1) is 25.7 Å². The van der Waals surface area contributed by atoms with Crippen LogP contribution in [0.4, 0.5) is 38.0 Å². The molecule has 0 amide bonds. The van der Waals surface area contributed by atoms with Crippen molar-refractivity contribution in [3.05, 3.63) is 62.7 Å². The summed E-state index contributed by atoms with van der Waals surface area (Å²) >= 11 is 6.13. The van der Waals surface area contributed by atoms with Gasteiger partial charge in [-0.3, -0.25) is 4.79 Å². The van der Waals surface area contributed by atoms with Crippen LogP contribution in [0.1, 0.15) is 84.4 Å². The van der Waals surface area contributed by atoms with Gasteiger partial charge >= 0.3 is 18.3 Å². The lowest BCUT2D eigenvalue weighted by molar-refractivity contribution is -0.142. The molecule has 48 heavy (non-hydrogen) atoms. The average molecular weight is 701 g/mol. The Balaban J connectivity index is 1.56. The molecule has 0 spiro atoms. The molecule has 15 heteroatoms. The van der Waals surface area contributed by atoms with Gasteiger partial charge in [0.15, 0.2) is 0 Å². The van der Waals surface area contributed by atoms with E-state index < -0.39 is 29.5 Å². The van der Waals surface area contributed by atoms with Gasteiger partial charge in [-0.05, 0) is 110 Å². The number of aromatic nitrogens is 4. The van der Waals surface area contributed by atoms with E-state index in [1.807, 2.05) is 4.90 Å². The lowest BCUT2D eigenvalue weighted by atomic mass is 9.80. The SMILES string of the molecule is COC(=O)C[C@H]1CC[C@H](CN2CCC[C@H](N(Cc3cc(Cl)cc(C(F)(F)F)c3)c3nnn(C)n3)c3cc(C)c(C(F)(F)F)c(C)c32)CC1. The van der Waals surface area contributed by atoms with Gasteiger partial charge in [0, 0.05) is 36.8 Å². The first kappa shape index (κ1) is 35.7. The predicted molar refractivity (Wildman–Crippen MR) is 169 cm³/mol. The van der Waals surface area contributed by atoms with Crippen molar-refractivity contribution in [2.24, 2.45) is 18.9 Å². The molecule has 0 unspecified atom stereocenters. The predicted octanol–water partition coefficient (Wildman–Crippen LogP) is 8.24. The average Bonchev–Trinajstić information content (AvgIpc) is 3.34. The summed E-state index contributed by atoms with van der Waals surface area (Å²) < 4.78 is 89.6. The van der Waals surface area contributed by atoms with Crippen LogP contribution in [-0.4, -0.2) is 46.4 Å². The molecule has 0 saturated heterocycles. The van der Waals surface area contributed by atoms with E-state index in [1.165, 1.54) is 31.8 Å². The number of hydrogen-bond acceptors (Lipinski definition) is 7. The zero-order chi connectivity index (χ0) is 35.0. The highest BCUT2D eigenvalue weighted by atomic mass is 35.5. The number of hydrogen-bond donors (Lipinski definition) is 0. The van der Waals surface area contributed by atoms with Gasteiger partial charge in [-0.15, -0.1) is 5.10 Å². The standard InChI is InChI=1S/C33H39ClF6N6O2/c1-19-12-26-27(46(31-41-43-44(3)42-31)18-23-13-24(32(35,36)37)16-25(34)14-23)6-5-11-45(30(26)20(2)29(19)33(38,39)40)17-22-9-7-21(8-10-22)15-28(47)48-4/h12-14,16,21-22,27H,5-11,15,17-18H2,1-4H3/t21-,22-,27-/m0/s1. The van der Waals surface area contributed by atoms with Gasteiger partial charge in [0.2, 0.25) is 0 Å². The van der Waals surface area contributed by atoms with Gasteiger partial charge < -0.3 is 14.5 Å². The number of anilines is 2. The molecule has 1 aromatic heterocycles. The minimum atomic E-state index is -4.63. The summed E-state index contributed by atoms with van der Waals surface area (Å²) in [6.45, 7) is 3.86. The highest BCUT2D eigenvalue weighted by Gasteiger charge is 2.40. The Kier molecular flexibility index (Phi) is 10.5. The second-order valence-electron chi connectivity index (χ2n) is 13.0. The van der Waals surface area contributed by atoms with E-state index in [9.17, 15) is 31.1 Å². The molecular weight excluding hydrogens is 662 g/mol. The number of halogens is 7. The maximum absolute atomic E-state index is 14.5. The number of rotatable bonds is 8. The second-order valence-corrected chi connectivity index (χ2v) is 13.4. The molecule has 1 atom stereocenters. The molecule has 0 radical (unpaired) electrons. The van der Waals surface area contributed by atoms with E-state index in [1.54, 1.807) is 18.0 Å². The van der Waals surface area contributed by atoms with Crippen LogP contribution in [0.25, 0.3) is 0 Å². The number of fused-ring (bicyclic) bond motifs is 1. The fourth-order valence-electron chi connectivity index (χ4n) is 7.42. The third kappa shape index (κ3) is 8.01. The quantitative estimate of drug-likeness (QED) is 0.173. The molecule has 1 aliphatic heterocycles. The molecule has 3 aromatic rings. The number of carbonyl (C=O) groups is 1. The van der Waals surface area contributed by atoms with Crippen LogP contribution in [0.2, 0.25) is 5.02 Å². The van der Waals surface area contributed by atoms with E-state index in [2.05, 4.69) is 15.4 Å². The first-order valence-electron chi connectivity index (χ1n) is 16.0. The smallest absolute Gasteiger partial charge is 0.416 e. The largest absolute Gasteiger partial charge is 0.469 e. The van der Waals surface area contributed by atoms with Crippen LogP contribution in [0.5, 0.6) is 0 Å². The van der Waals surface area contributed by atoms with E-state index in [0.29, 0.717) is 43.6 Å². The monoisotopic (exact) mass is 700 g/mol. The number of aryl methyl sites for hydroxylation is 2. The maximum atomic E-state index is 14.5. The molecule has 2 aromatic carbocycles. The van der Waals surface area contributed by atoms with E-state index in [-0.39, 0.29) is 52.0 Å². The van der Waals surface area contributed by atoms with E-state index >= 15 is 0 Å². The third-order valence-corrected chi connectivity index (χ3v) is 9.75.